The minimum Gasteiger partial charge on any atom is -0.382 e. The third kappa shape index (κ3) is 7.88. The summed E-state index contributed by atoms with van der Waals surface area (Å²) in [6.45, 7) is 12.5. The molecule has 1 rings (SSSR count). The van der Waals surface area contributed by atoms with Gasteiger partial charge >= 0.3 is 0 Å². The van der Waals surface area contributed by atoms with Crippen LogP contribution >= 0.6 is 0 Å². The maximum atomic E-state index is 5.52. The van der Waals surface area contributed by atoms with Crippen molar-refractivity contribution in [2.24, 2.45) is 0 Å². The smallest absolute Gasteiger partial charge is 0.0700 e. The van der Waals surface area contributed by atoms with E-state index in [1.165, 1.54) is 19.4 Å². The van der Waals surface area contributed by atoms with Crippen LogP contribution in [0.15, 0.2) is 0 Å². The minimum absolute atomic E-state index is 0.220. The summed E-state index contributed by atoms with van der Waals surface area (Å²) in [4.78, 5) is 2.61. The molecule has 0 bridgehead atoms. The Labute approximate surface area is 118 Å². The van der Waals surface area contributed by atoms with Gasteiger partial charge in [-0.3, -0.25) is 4.90 Å². The first-order valence-corrected chi connectivity index (χ1v) is 7.58. The number of rotatable bonds is 9. The van der Waals surface area contributed by atoms with Crippen molar-refractivity contribution in [3.8, 4) is 0 Å². The van der Waals surface area contributed by atoms with Crippen molar-refractivity contribution in [3.63, 3.8) is 0 Å². The summed E-state index contributed by atoms with van der Waals surface area (Å²) in [5.41, 5.74) is 0.220. The monoisotopic (exact) mass is 272 g/mol. The lowest BCUT2D eigenvalue weighted by atomic mass is 10.1. The Morgan fingerprint density at radius 1 is 1.21 bits per heavy atom. The molecule has 1 aliphatic rings. The number of hydrogen-bond acceptors (Lipinski definition) is 4. The van der Waals surface area contributed by atoms with E-state index in [0.717, 1.165) is 26.1 Å². The number of hydrogen-bond donors (Lipinski definition) is 1. The Hall–Kier alpha value is -0.160. The Morgan fingerprint density at radius 2 is 2.00 bits per heavy atom. The van der Waals surface area contributed by atoms with E-state index in [4.69, 9.17) is 9.47 Å². The zero-order valence-electron chi connectivity index (χ0n) is 13.2. The number of ether oxygens (including phenoxy) is 2. The number of likely N-dealkylation sites (tertiary alicyclic amines) is 1. The molecule has 0 amide bonds. The molecule has 0 aromatic carbocycles. The quantitative estimate of drug-likeness (QED) is 0.650. The SMILES string of the molecule is COCCOCCCN1CCCC1CNC(C)(C)C. The van der Waals surface area contributed by atoms with Gasteiger partial charge in [0.25, 0.3) is 0 Å². The molecule has 0 radical (unpaired) electrons. The van der Waals surface area contributed by atoms with Crippen molar-refractivity contribution in [1.29, 1.82) is 0 Å². The second kappa shape index (κ2) is 8.90. The summed E-state index contributed by atoms with van der Waals surface area (Å²) in [6, 6.07) is 0.707. The third-order valence-electron chi connectivity index (χ3n) is 3.53. The number of methoxy groups -OCH3 is 1. The van der Waals surface area contributed by atoms with Crippen LogP contribution in [0.3, 0.4) is 0 Å². The molecule has 0 aliphatic carbocycles. The molecule has 0 aromatic rings. The Kier molecular flexibility index (Phi) is 7.91. The summed E-state index contributed by atoms with van der Waals surface area (Å²) >= 11 is 0. The van der Waals surface area contributed by atoms with Gasteiger partial charge < -0.3 is 14.8 Å². The zero-order valence-corrected chi connectivity index (χ0v) is 13.2. The van der Waals surface area contributed by atoms with Gasteiger partial charge in [0.05, 0.1) is 13.2 Å². The van der Waals surface area contributed by atoms with Crippen molar-refractivity contribution in [3.05, 3.63) is 0 Å². The highest BCUT2D eigenvalue weighted by Crippen LogP contribution is 2.17. The maximum absolute atomic E-state index is 5.52. The lowest BCUT2D eigenvalue weighted by molar-refractivity contribution is 0.0644. The molecule has 0 saturated carbocycles. The van der Waals surface area contributed by atoms with Crippen LogP contribution in [-0.2, 0) is 9.47 Å². The van der Waals surface area contributed by atoms with Gasteiger partial charge in [-0.25, -0.2) is 0 Å². The Bertz CT molecular complexity index is 229. The average Bonchev–Trinajstić information content (AvgIpc) is 2.78. The average molecular weight is 272 g/mol. The molecule has 4 heteroatoms. The van der Waals surface area contributed by atoms with Crippen LogP contribution < -0.4 is 5.32 Å². The van der Waals surface area contributed by atoms with Gasteiger partial charge in [0.2, 0.25) is 0 Å². The molecule has 1 unspecified atom stereocenters. The lowest BCUT2D eigenvalue weighted by Gasteiger charge is -2.29. The second-order valence-electron chi connectivity index (χ2n) is 6.42. The van der Waals surface area contributed by atoms with E-state index in [1.807, 2.05) is 0 Å². The standard InChI is InChI=1S/C15H32N2O2/c1-15(2,3)16-13-14-7-5-8-17(14)9-6-10-19-12-11-18-4/h14,16H,5-13H2,1-4H3. The molecule has 0 spiro atoms. The van der Waals surface area contributed by atoms with E-state index in [9.17, 15) is 0 Å². The molecule has 19 heavy (non-hydrogen) atoms. The highest BCUT2D eigenvalue weighted by Gasteiger charge is 2.24. The summed E-state index contributed by atoms with van der Waals surface area (Å²) in [7, 11) is 1.71. The van der Waals surface area contributed by atoms with Crippen molar-refractivity contribution < 1.29 is 9.47 Å². The predicted octanol–water partition coefficient (Wildman–Crippen LogP) is 1.89. The normalized spacial score (nSPS) is 21.2. The van der Waals surface area contributed by atoms with Crippen LogP contribution in [-0.4, -0.2) is 63.0 Å². The predicted molar refractivity (Wildman–Crippen MR) is 79.7 cm³/mol. The van der Waals surface area contributed by atoms with Crippen molar-refractivity contribution in [2.45, 2.75) is 51.6 Å². The summed E-state index contributed by atoms with van der Waals surface area (Å²) in [5, 5.41) is 3.62. The molecule has 1 atom stereocenters. The minimum atomic E-state index is 0.220. The van der Waals surface area contributed by atoms with E-state index in [-0.39, 0.29) is 5.54 Å². The number of nitrogens with zero attached hydrogens (tertiary/aromatic N) is 1. The van der Waals surface area contributed by atoms with E-state index in [1.54, 1.807) is 7.11 Å². The van der Waals surface area contributed by atoms with Crippen molar-refractivity contribution >= 4 is 0 Å². The van der Waals surface area contributed by atoms with Crippen LogP contribution in [0.5, 0.6) is 0 Å². The molecule has 0 aromatic heterocycles. The van der Waals surface area contributed by atoms with Crippen LogP contribution in [0, 0.1) is 0 Å². The largest absolute Gasteiger partial charge is 0.382 e. The van der Waals surface area contributed by atoms with E-state index >= 15 is 0 Å². The molecular formula is C15H32N2O2. The van der Waals surface area contributed by atoms with E-state index in [2.05, 4.69) is 31.0 Å². The molecule has 1 heterocycles. The first kappa shape index (κ1) is 16.9. The molecule has 1 saturated heterocycles. The van der Waals surface area contributed by atoms with Gasteiger partial charge in [-0.2, -0.15) is 0 Å². The molecule has 1 N–H and O–H groups in total. The Balaban J connectivity index is 2.10. The summed E-state index contributed by atoms with van der Waals surface area (Å²) in [6.07, 6.45) is 3.78. The number of nitrogens with one attached hydrogen (secondary N) is 1. The lowest BCUT2D eigenvalue weighted by Crippen LogP contribution is -2.45. The fraction of sp³-hybridized carbons (Fsp3) is 1.00. The van der Waals surface area contributed by atoms with Crippen molar-refractivity contribution in [1.82, 2.24) is 10.2 Å². The molecule has 1 aliphatic heterocycles. The van der Waals surface area contributed by atoms with Crippen molar-refractivity contribution in [2.75, 3.05) is 46.6 Å². The molecule has 1 fully saturated rings. The fourth-order valence-electron chi connectivity index (χ4n) is 2.46. The van der Waals surface area contributed by atoms with Gasteiger partial charge in [0, 0.05) is 38.4 Å². The van der Waals surface area contributed by atoms with Crippen LogP contribution in [0.2, 0.25) is 0 Å². The van der Waals surface area contributed by atoms with Gasteiger partial charge in [0.1, 0.15) is 0 Å². The van der Waals surface area contributed by atoms with Gasteiger partial charge in [-0.15, -0.1) is 0 Å². The highest BCUT2D eigenvalue weighted by atomic mass is 16.5. The topological polar surface area (TPSA) is 33.7 Å². The highest BCUT2D eigenvalue weighted by molar-refractivity contribution is 4.83. The first-order chi connectivity index (χ1) is 9.03. The van der Waals surface area contributed by atoms with Gasteiger partial charge in [-0.05, 0) is 46.6 Å². The molecular weight excluding hydrogens is 240 g/mol. The third-order valence-corrected chi connectivity index (χ3v) is 3.53. The summed E-state index contributed by atoms with van der Waals surface area (Å²) in [5.74, 6) is 0. The van der Waals surface area contributed by atoms with Gasteiger partial charge in [-0.1, -0.05) is 0 Å². The van der Waals surface area contributed by atoms with Crippen LogP contribution in [0.1, 0.15) is 40.0 Å². The van der Waals surface area contributed by atoms with Crippen LogP contribution in [0.4, 0.5) is 0 Å². The summed E-state index contributed by atoms with van der Waals surface area (Å²) < 4.78 is 10.5. The maximum Gasteiger partial charge on any atom is 0.0700 e. The van der Waals surface area contributed by atoms with Gasteiger partial charge in [0.15, 0.2) is 0 Å². The Morgan fingerprint density at radius 3 is 2.68 bits per heavy atom. The van der Waals surface area contributed by atoms with E-state index in [0.29, 0.717) is 19.3 Å². The molecule has 4 nitrogen and oxygen atoms in total. The van der Waals surface area contributed by atoms with Crippen LogP contribution in [0.25, 0.3) is 0 Å². The zero-order chi connectivity index (χ0) is 14.1. The molecule has 114 valence electrons. The second-order valence-corrected chi connectivity index (χ2v) is 6.42. The van der Waals surface area contributed by atoms with E-state index < -0.39 is 0 Å². The first-order valence-electron chi connectivity index (χ1n) is 7.58. The fourth-order valence-corrected chi connectivity index (χ4v) is 2.46.